The van der Waals surface area contributed by atoms with Crippen LogP contribution in [0.3, 0.4) is 0 Å². The Morgan fingerprint density at radius 2 is 1.93 bits per heavy atom. The van der Waals surface area contributed by atoms with Crippen molar-refractivity contribution in [3.05, 3.63) is 35.4 Å². The van der Waals surface area contributed by atoms with Crippen molar-refractivity contribution in [2.24, 2.45) is 5.73 Å². The van der Waals surface area contributed by atoms with E-state index in [1.807, 2.05) is 12.1 Å². The van der Waals surface area contributed by atoms with Crippen LogP contribution in [0.15, 0.2) is 24.3 Å². The van der Waals surface area contributed by atoms with Gasteiger partial charge in [0.05, 0.1) is 6.10 Å². The van der Waals surface area contributed by atoms with E-state index in [1.54, 1.807) is 6.92 Å². The van der Waals surface area contributed by atoms with Gasteiger partial charge in [-0.15, -0.1) is 0 Å². The van der Waals surface area contributed by atoms with Gasteiger partial charge in [0, 0.05) is 0 Å². The quantitative estimate of drug-likeness (QED) is 0.770. The molecule has 1 rings (SSSR count). The van der Waals surface area contributed by atoms with Gasteiger partial charge < -0.3 is 10.8 Å². The minimum absolute atomic E-state index is 0.389. The predicted octanol–water partition coefficient (Wildman–Crippen LogP) is 2.19. The number of benzene rings is 1. The molecule has 0 amide bonds. The second-order valence-electron chi connectivity index (χ2n) is 3.82. The van der Waals surface area contributed by atoms with E-state index in [9.17, 15) is 5.11 Å². The molecule has 0 heterocycles. The van der Waals surface area contributed by atoms with Crippen LogP contribution in [-0.2, 0) is 0 Å². The molecule has 14 heavy (non-hydrogen) atoms. The fraction of sp³-hybridized carbons (Fsp3) is 0.500. The summed E-state index contributed by atoms with van der Waals surface area (Å²) in [4.78, 5) is 0. The van der Waals surface area contributed by atoms with Crippen LogP contribution >= 0.6 is 0 Å². The van der Waals surface area contributed by atoms with E-state index >= 15 is 0 Å². The van der Waals surface area contributed by atoms with Gasteiger partial charge in [-0.05, 0) is 36.9 Å². The Morgan fingerprint density at radius 3 is 2.50 bits per heavy atom. The molecule has 1 aromatic rings. The van der Waals surface area contributed by atoms with Crippen LogP contribution in [0.5, 0.6) is 0 Å². The van der Waals surface area contributed by atoms with E-state index in [4.69, 9.17) is 5.73 Å². The Morgan fingerprint density at radius 1 is 1.29 bits per heavy atom. The molecule has 0 aromatic heterocycles. The van der Waals surface area contributed by atoms with Crippen molar-refractivity contribution in [1.82, 2.24) is 0 Å². The molecule has 78 valence electrons. The van der Waals surface area contributed by atoms with Gasteiger partial charge >= 0.3 is 0 Å². The average Bonchev–Trinajstić information content (AvgIpc) is 2.18. The fourth-order valence-corrected chi connectivity index (χ4v) is 1.54. The zero-order chi connectivity index (χ0) is 10.6. The SMILES string of the molecule is CC(O)c1cccc(C(C)CCN)c1. The van der Waals surface area contributed by atoms with Crippen LogP contribution in [0.2, 0.25) is 0 Å². The van der Waals surface area contributed by atoms with Crippen LogP contribution in [0, 0.1) is 0 Å². The van der Waals surface area contributed by atoms with Crippen molar-refractivity contribution >= 4 is 0 Å². The fourth-order valence-electron chi connectivity index (χ4n) is 1.54. The molecule has 0 bridgehead atoms. The standard InChI is InChI=1S/C12H19NO/c1-9(6-7-13)11-4-3-5-12(8-11)10(2)14/h3-5,8-10,14H,6-7,13H2,1-2H3. The summed E-state index contributed by atoms with van der Waals surface area (Å²) in [5, 5.41) is 9.44. The van der Waals surface area contributed by atoms with E-state index < -0.39 is 0 Å². The monoisotopic (exact) mass is 193 g/mol. The first-order valence-electron chi connectivity index (χ1n) is 5.13. The Labute approximate surface area is 85.8 Å². The summed E-state index contributed by atoms with van der Waals surface area (Å²) in [5.74, 6) is 0.471. The zero-order valence-electron chi connectivity index (χ0n) is 8.90. The summed E-state index contributed by atoms with van der Waals surface area (Å²) >= 11 is 0. The van der Waals surface area contributed by atoms with Gasteiger partial charge in [0.1, 0.15) is 0 Å². The molecule has 2 heteroatoms. The first-order valence-corrected chi connectivity index (χ1v) is 5.13. The van der Waals surface area contributed by atoms with E-state index in [-0.39, 0.29) is 6.10 Å². The maximum Gasteiger partial charge on any atom is 0.0762 e. The first kappa shape index (κ1) is 11.2. The maximum atomic E-state index is 9.44. The van der Waals surface area contributed by atoms with Gasteiger partial charge in [-0.2, -0.15) is 0 Å². The molecule has 2 unspecified atom stereocenters. The summed E-state index contributed by atoms with van der Waals surface area (Å²) in [6.45, 7) is 4.65. The molecular formula is C12H19NO. The normalized spacial score (nSPS) is 15.1. The van der Waals surface area contributed by atoms with Gasteiger partial charge in [-0.3, -0.25) is 0 Å². The molecule has 0 saturated heterocycles. The largest absolute Gasteiger partial charge is 0.389 e. The first-order chi connectivity index (χ1) is 6.65. The molecule has 2 atom stereocenters. The van der Waals surface area contributed by atoms with Crippen molar-refractivity contribution in [3.8, 4) is 0 Å². The van der Waals surface area contributed by atoms with E-state index in [0.29, 0.717) is 12.5 Å². The highest BCUT2D eigenvalue weighted by atomic mass is 16.3. The number of hydrogen-bond donors (Lipinski definition) is 2. The molecule has 0 aliphatic carbocycles. The van der Waals surface area contributed by atoms with Crippen molar-refractivity contribution in [3.63, 3.8) is 0 Å². The summed E-state index contributed by atoms with van der Waals surface area (Å²) < 4.78 is 0. The lowest BCUT2D eigenvalue weighted by atomic mass is 9.95. The second kappa shape index (κ2) is 5.13. The smallest absolute Gasteiger partial charge is 0.0762 e. The van der Waals surface area contributed by atoms with Crippen molar-refractivity contribution in [2.75, 3.05) is 6.54 Å². The lowest BCUT2D eigenvalue weighted by molar-refractivity contribution is 0.199. The lowest BCUT2D eigenvalue weighted by Gasteiger charge is -2.13. The summed E-state index contributed by atoms with van der Waals surface area (Å²) in [6, 6.07) is 8.09. The van der Waals surface area contributed by atoms with E-state index in [2.05, 4.69) is 19.1 Å². The molecule has 0 fully saturated rings. The van der Waals surface area contributed by atoms with E-state index in [0.717, 1.165) is 12.0 Å². The number of nitrogens with two attached hydrogens (primary N) is 1. The minimum atomic E-state index is -0.389. The van der Waals surface area contributed by atoms with Gasteiger partial charge in [0.2, 0.25) is 0 Å². The van der Waals surface area contributed by atoms with Crippen molar-refractivity contribution in [2.45, 2.75) is 32.3 Å². The predicted molar refractivity (Wildman–Crippen MR) is 59.2 cm³/mol. The lowest BCUT2D eigenvalue weighted by Crippen LogP contribution is -2.05. The highest BCUT2D eigenvalue weighted by Gasteiger charge is 2.06. The Bertz CT molecular complexity index is 283. The highest BCUT2D eigenvalue weighted by Crippen LogP contribution is 2.21. The molecule has 0 spiro atoms. The zero-order valence-corrected chi connectivity index (χ0v) is 8.90. The minimum Gasteiger partial charge on any atom is -0.389 e. The average molecular weight is 193 g/mol. The van der Waals surface area contributed by atoms with Crippen LogP contribution in [-0.4, -0.2) is 11.7 Å². The number of hydrogen-bond acceptors (Lipinski definition) is 2. The summed E-state index contributed by atoms with van der Waals surface area (Å²) in [5.41, 5.74) is 7.75. The Balaban J connectivity index is 2.82. The van der Waals surface area contributed by atoms with Gasteiger partial charge in [0.15, 0.2) is 0 Å². The summed E-state index contributed by atoms with van der Waals surface area (Å²) in [7, 11) is 0. The number of aliphatic hydroxyl groups is 1. The Kier molecular flexibility index (Phi) is 4.11. The van der Waals surface area contributed by atoms with Gasteiger partial charge in [-0.1, -0.05) is 31.2 Å². The molecule has 0 saturated carbocycles. The van der Waals surface area contributed by atoms with Crippen LogP contribution in [0.25, 0.3) is 0 Å². The molecule has 0 radical (unpaired) electrons. The molecule has 3 N–H and O–H groups in total. The van der Waals surface area contributed by atoms with Crippen molar-refractivity contribution < 1.29 is 5.11 Å². The number of aliphatic hydroxyl groups excluding tert-OH is 1. The van der Waals surface area contributed by atoms with E-state index in [1.165, 1.54) is 5.56 Å². The van der Waals surface area contributed by atoms with Crippen LogP contribution in [0.4, 0.5) is 0 Å². The second-order valence-corrected chi connectivity index (χ2v) is 3.82. The van der Waals surface area contributed by atoms with Gasteiger partial charge in [-0.25, -0.2) is 0 Å². The molecule has 2 nitrogen and oxygen atoms in total. The topological polar surface area (TPSA) is 46.2 Å². The number of rotatable bonds is 4. The summed E-state index contributed by atoms with van der Waals surface area (Å²) in [6.07, 6.45) is 0.600. The molecule has 0 aliphatic rings. The Hall–Kier alpha value is -0.860. The maximum absolute atomic E-state index is 9.44. The third kappa shape index (κ3) is 2.82. The third-order valence-electron chi connectivity index (χ3n) is 2.56. The molecular weight excluding hydrogens is 174 g/mol. The van der Waals surface area contributed by atoms with Crippen LogP contribution in [0.1, 0.15) is 43.4 Å². The third-order valence-corrected chi connectivity index (χ3v) is 2.56. The highest BCUT2D eigenvalue weighted by molar-refractivity contribution is 5.27. The van der Waals surface area contributed by atoms with Gasteiger partial charge in [0.25, 0.3) is 0 Å². The van der Waals surface area contributed by atoms with Crippen molar-refractivity contribution in [1.29, 1.82) is 0 Å². The molecule has 1 aromatic carbocycles. The molecule has 0 aliphatic heterocycles. The van der Waals surface area contributed by atoms with Crippen LogP contribution < -0.4 is 5.73 Å².